The zero-order valence-corrected chi connectivity index (χ0v) is 12.0. The predicted octanol–water partition coefficient (Wildman–Crippen LogP) is 1.43. The van der Waals surface area contributed by atoms with Gasteiger partial charge in [0.2, 0.25) is 11.8 Å². The fraction of sp³-hybridized carbons (Fsp3) is 0.500. The molecule has 1 aliphatic rings. The van der Waals surface area contributed by atoms with Crippen LogP contribution in [-0.4, -0.2) is 35.6 Å². The molecule has 1 aromatic heterocycles. The van der Waals surface area contributed by atoms with Crippen molar-refractivity contribution in [1.82, 2.24) is 4.90 Å². The van der Waals surface area contributed by atoms with Crippen molar-refractivity contribution in [3.63, 3.8) is 0 Å². The third-order valence-electron chi connectivity index (χ3n) is 3.54. The summed E-state index contributed by atoms with van der Waals surface area (Å²) in [4.78, 5) is 37.4. The third kappa shape index (κ3) is 3.66. The van der Waals surface area contributed by atoms with Gasteiger partial charge in [-0.15, -0.1) is 11.3 Å². The van der Waals surface area contributed by atoms with Gasteiger partial charge in [-0.25, -0.2) is 0 Å². The average molecular weight is 294 g/mol. The van der Waals surface area contributed by atoms with Crippen molar-refractivity contribution < 1.29 is 14.4 Å². The molecule has 108 valence electrons. The number of piperidine rings is 1. The molecule has 0 unspecified atom stereocenters. The number of thiophene rings is 1. The molecule has 2 N–H and O–H groups in total. The van der Waals surface area contributed by atoms with E-state index in [1.165, 1.54) is 11.3 Å². The van der Waals surface area contributed by atoms with Crippen LogP contribution < -0.4 is 5.73 Å². The lowest BCUT2D eigenvalue weighted by atomic mass is 9.97. The van der Waals surface area contributed by atoms with E-state index in [1.807, 2.05) is 11.4 Å². The van der Waals surface area contributed by atoms with Crippen LogP contribution in [-0.2, 0) is 9.59 Å². The number of hydrogen-bond acceptors (Lipinski definition) is 4. The molecule has 1 atom stereocenters. The molecule has 2 heterocycles. The Balaban J connectivity index is 1.82. The van der Waals surface area contributed by atoms with E-state index in [4.69, 9.17) is 5.73 Å². The van der Waals surface area contributed by atoms with E-state index in [0.717, 1.165) is 12.8 Å². The largest absolute Gasteiger partial charge is 0.369 e. The van der Waals surface area contributed by atoms with Crippen LogP contribution in [0.5, 0.6) is 0 Å². The molecule has 20 heavy (non-hydrogen) atoms. The number of amides is 2. The minimum absolute atomic E-state index is 0.00295. The maximum absolute atomic E-state index is 12.1. The van der Waals surface area contributed by atoms with E-state index in [-0.39, 0.29) is 36.4 Å². The standard InChI is InChI=1S/C14H18N2O3S/c15-14(19)10-3-1-7-16(9-10)13(18)6-5-11(17)12-4-2-8-20-12/h2,4,8,10H,1,3,5-7,9H2,(H2,15,19)/t10-/m1/s1. The van der Waals surface area contributed by atoms with Crippen LogP contribution in [0.25, 0.3) is 0 Å². The van der Waals surface area contributed by atoms with Crippen molar-refractivity contribution in [3.8, 4) is 0 Å². The Morgan fingerprint density at radius 1 is 1.35 bits per heavy atom. The second-order valence-electron chi connectivity index (χ2n) is 4.98. The van der Waals surface area contributed by atoms with Gasteiger partial charge >= 0.3 is 0 Å². The highest BCUT2D eigenvalue weighted by Gasteiger charge is 2.27. The molecular formula is C14H18N2O3S. The highest BCUT2D eigenvalue weighted by molar-refractivity contribution is 7.12. The SMILES string of the molecule is NC(=O)[C@@H]1CCCN(C(=O)CCC(=O)c2cccs2)C1. The number of carbonyl (C=O) groups excluding carboxylic acids is 3. The van der Waals surface area contributed by atoms with Crippen LogP contribution >= 0.6 is 11.3 Å². The second kappa shape index (κ2) is 6.65. The minimum atomic E-state index is -0.350. The Kier molecular flexibility index (Phi) is 4.89. The minimum Gasteiger partial charge on any atom is -0.369 e. The number of nitrogens with zero attached hydrogens (tertiary/aromatic N) is 1. The number of Topliss-reactive ketones (excluding diaryl/α,β-unsaturated/α-hetero) is 1. The fourth-order valence-electron chi connectivity index (χ4n) is 2.37. The first kappa shape index (κ1) is 14.7. The Bertz CT molecular complexity index is 499. The Morgan fingerprint density at radius 2 is 2.15 bits per heavy atom. The van der Waals surface area contributed by atoms with E-state index in [0.29, 0.717) is 18.0 Å². The number of primary amides is 1. The van der Waals surface area contributed by atoms with Gasteiger partial charge in [-0.1, -0.05) is 6.07 Å². The molecule has 0 spiro atoms. The van der Waals surface area contributed by atoms with Crippen LogP contribution in [0.1, 0.15) is 35.4 Å². The highest BCUT2D eigenvalue weighted by atomic mass is 32.1. The Morgan fingerprint density at radius 3 is 2.80 bits per heavy atom. The molecule has 1 fully saturated rings. The lowest BCUT2D eigenvalue weighted by molar-refractivity contribution is -0.134. The van der Waals surface area contributed by atoms with Crippen LogP contribution in [0.4, 0.5) is 0 Å². The van der Waals surface area contributed by atoms with E-state index in [1.54, 1.807) is 11.0 Å². The first-order chi connectivity index (χ1) is 9.58. The number of carbonyl (C=O) groups is 3. The summed E-state index contributed by atoms with van der Waals surface area (Å²) in [7, 11) is 0. The molecule has 1 saturated heterocycles. The molecule has 0 saturated carbocycles. The van der Waals surface area contributed by atoms with E-state index in [2.05, 4.69) is 0 Å². The summed E-state index contributed by atoms with van der Waals surface area (Å²) in [5.41, 5.74) is 5.29. The molecule has 0 bridgehead atoms. The van der Waals surface area contributed by atoms with Gasteiger partial charge in [0, 0.05) is 25.9 Å². The van der Waals surface area contributed by atoms with E-state index in [9.17, 15) is 14.4 Å². The lowest BCUT2D eigenvalue weighted by Crippen LogP contribution is -2.44. The van der Waals surface area contributed by atoms with Crippen molar-refractivity contribution in [1.29, 1.82) is 0 Å². The molecule has 2 amide bonds. The summed E-state index contributed by atoms with van der Waals surface area (Å²) in [6, 6.07) is 3.59. The maximum atomic E-state index is 12.1. The number of likely N-dealkylation sites (tertiary alicyclic amines) is 1. The van der Waals surface area contributed by atoms with Gasteiger partial charge in [0.1, 0.15) is 0 Å². The third-order valence-corrected chi connectivity index (χ3v) is 4.45. The van der Waals surface area contributed by atoms with Crippen molar-refractivity contribution in [2.24, 2.45) is 11.7 Å². The summed E-state index contributed by atoms with van der Waals surface area (Å²) < 4.78 is 0. The maximum Gasteiger partial charge on any atom is 0.223 e. The number of rotatable bonds is 5. The smallest absolute Gasteiger partial charge is 0.223 e. The molecule has 2 rings (SSSR count). The summed E-state index contributed by atoms with van der Waals surface area (Å²) in [6.07, 6.45) is 1.95. The van der Waals surface area contributed by atoms with Gasteiger partial charge in [-0.05, 0) is 24.3 Å². The molecule has 5 nitrogen and oxygen atoms in total. The summed E-state index contributed by atoms with van der Waals surface area (Å²) >= 11 is 1.39. The van der Waals surface area contributed by atoms with E-state index >= 15 is 0 Å². The molecule has 6 heteroatoms. The lowest BCUT2D eigenvalue weighted by Gasteiger charge is -2.31. The average Bonchev–Trinajstić information content (AvgIpc) is 2.98. The quantitative estimate of drug-likeness (QED) is 0.834. The molecule has 0 radical (unpaired) electrons. The first-order valence-electron chi connectivity index (χ1n) is 6.71. The normalized spacial score (nSPS) is 18.8. The summed E-state index contributed by atoms with van der Waals surface area (Å²) in [6.45, 7) is 1.04. The zero-order chi connectivity index (χ0) is 14.5. The van der Waals surface area contributed by atoms with Gasteiger partial charge in [0.05, 0.1) is 10.8 Å². The topological polar surface area (TPSA) is 80.5 Å². The predicted molar refractivity (Wildman–Crippen MR) is 76.4 cm³/mol. The first-order valence-corrected chi connectivity index (χ1v) is 7.59. The molecule has 1 aromatic rings. The van der Waals surface area contributed by atoms with Crippen molar-refractivity contribution in [2.75, 3.05) is 13.1 Å². The monoisotopic (exact) mass is 294 g/mol. The van der Waals surface area contributed by atoms with Crippen molar-refractivity contribution >= 4 is 28.9 Å². The molecule has 0 aromatic carbocycles. The van der Waals surface area contributed by atoms with Gasteiger partial charge in [0.25, 0.3) is 0 Å². The molecule has 1 aliphatic heterocycles. The van der Waals surface area contributed by atoms with Crippen LogP contribution in [0.2, 0.25) is 0 Å². The zero-order valence-electron chi connectivity index (χ0n) is 11.2. The van der Waals surface area contributed by atoms with E-state index < -0.39 is 0 Å². The van der Waals surface area contributed by atoms with Gasteiger partial charge < -0.3 is 10.6 Å². The number of hydrogen-bond donors (Lipinski definition) is 1. The van der Waals surface area contributed by atoms with Crippen LogP contribution in [0.3, 0.4) is 0 Å². The van der Waals surface area contributed by atoms with Gasteiger partial charge in [0.15, 0.2) is 5.78 Å². The van der Waals surface area contributed by atoms with Gasteiger partial charge in [-0.3, -0.25) is 14.4 Å². The fourth-order valence-corrected chi connectivity index (χ4v) is 3.07. The highest BCUT2D eigenvalue weighted by Crippen LogP contribution is 2.18. The van der Waals surface area contributed by atoms with Gasteiger partial charge in [-0.2, -0.15) is 0 Å². The van der Waals surface area contributed by atoms with Crippen LogP contribution in [0.15, 0.2) is 17.5 Å². The van der Waals surface area contributed by atoms with Crippen molar-refractivity contribution in [3.05, 3.63) is 22.4 Å². The summed E-state index contributed by atoms with van der Waals surface area (Å²) in [5.74, 6) is -0.671. The number of ketones is 1. The Labute approximate surface area is 121 Å². The van der Waals surface area contributed by atoms with Crippen molar-refractivity contribution in [2.45, 2.75) is 25.7 Å². The molecule has 0 aliphatic carbocycles. The molecular weight excluding hydrogens is 276 g/mol. The Hall–Kier alpha value is -1.69. The van der Waals surface area contributed by atoms with Crippen LogP contribution in [0, 0.1) is 5.92 Å². The summed E-state index contributed by atoms with van der Waals surface area (Å²) in [5, 5.41) is 1.84. The second-order valence-corrected chi connectivity index (χ2v) is 5.93. The number of nitrogens with two attached hydrogens (primary N) is 1.